The standard InChI is InChI=1S/C25H27N5O/c1-17-8-5-6-13-21(17)31-20-12-7-9-18(14-15-20)23-22-24(26)27-16-28-25(22)30(29-23)19-10-3-2-4-11-19/h5-6,8-9,12-16,19H,2-4,7,10-11H2,1H3,(H2,26,27,28). The molecule has 0 atom stereocenters. The number of nitrogens with zero attached hydrogens (tertiary/aromatic N) is 4. The molecule has 31 heavy (non-hydrogen) atoms. The maximum atomic E-state index is 6.30. The van der Waals surface area contributed by atoms with E-state index in [1.54, 1.807) is 0 Å². The van der Waals surface area contributed by atoms with Crippen molar-refractivity contribution in [1.82, 2.24) is 19.7 Å². The number of anilines is 1. The number of fused-ring (bicyclic) bond motifs is 1. The van der Waals surface area contributed by atoms with Gasteiger partial charge in [0.1, 0.15) is 29.3 Å². The van der Waals surface area contributed by atoms with Gasteiger partial charge in [-0.3, -0.25) is 0 Å². The number of para-hydroxylation sites is 1. The van der Waals surface area contributed by atoms with Crippen molar-refractivity contribution >= 4 is 22.4 Å². The van der Waals surface area contributed by atoms with Crippen LogP contribution in [0.2, 0.25) is 0 Å². The van der Waals surface area contributed by atoms with Crippen molar-refractivity contribution in [3.8, 4) is 5.75 Å². The van der Waals surface area contributed by atoms with E-state index in [9.17, 15) is 0 Å². The van der Waals surface area contributed by atoms with Crippen molar-refractivity contribution in [1.29, 1.82) is 0 Å². The summed E-state index contributed by atoms with van der Waals surface area (Å²) in [6.45, 7) is 2.05. The zero-order chi connectivity index (χ0) is 21.2. The van der Waals surface area contributed by atoms with Gasteiger partial charge < -0.3 is 10.5 Å². The van der Waals surface area contributed by atoms with E-state index in [0.29, 0.717) is 11.9 Å². The minimum atomic E-state index is 0.368. The number of aryl methyl sites for hydroxylation is 1. The smallest absolute Gasteiger partial charge is 0.164 e. The Kier molecular flexibility index (Phi) is 5.28. The zero-order valence-electron chi connectivity index (χ0n) is 17.8. The van der Waals surface area contributed by atoms with E-state index in [1.807, 2.05) is 37.3 Å². The first-order valence-corrected chi connectivity index (χ1v) is 11.0. The summed E-state index contributed by atoms with van der Waals surface area (Å²) in [6.07, 6.45) is 16.6. The quantitative estimate of drug-likeness (QED) is 0.608. The molecule has 158 valence electrons. The van der Waals surface area contributed by atoms with E-state index in [4.69, 9.17) is 15.6 Å². The van der Waals surface area contributed by atoms with Crippen molar-refractivity contribution in [2.45, 2.75) is 51.5 Å². The fraction of sp³-hybridized carbons (Fsp3) is 0.320. The van der Waals surface area contributed by atoms with Crippen LogP contribution in [0.5, 0.6) is 5.75 Å². The summed E-state index contributed by atoms with van der Waals surface area (Å²) in [6, 6.07) is 8.40. The molecule has 5 rings (SSSR count). The second kappa shape index (κ2) is 8.38. The lowest BCUT2D eigenvalue weighted by Gasteiger charge is -2.22. The van der Waals surface area contributed by atoms with Crippen LogP contribution in [0, 0.1) is 6.92 Å². The molecule has 2 heterocycles. The van der Waals surface area contributed by atoms with Crippen LogP contribution in [0.15, 0.2) is 60.7 Å². The molecule has 2 N–H and O–H groups in total. The van der Waals surface area contributed by atoms with Crippen molar-refractivity contribution in [2.24, 2.45) is 0 Å². The van der Waals surface area contributed by atoms with Crippen LogP contribution in [0.3, 0.4) is 0 Å². The van der Waals surface area contributed by atoms with Crippen LogP contribution in [0.4, 0.5) is 5.82 Å². The molecule has 0 spiro atoms. The van der Waals surface area contributed by atoms with Gasteiger partial charge in [0.15, 0.2) is 5.65 Å². The van der Waals surface area contributed by atoms with Crippen LogP contribution in [-0.4, -0.2) is 19.7 Å². The third-order valence-electron chi connectivity index (χ3n) is 6.12. The number of nitrogen functional groups attached to an aromatic ring is 1. The van der Waals surface area contributed by atoms with E-state index in [1.165, 1.54) is 25.6 Å². The van der Waals surface area contributed by atoms with Gasteiger partial charge in [-0.1, -0.05) is 43.5 Å². The lowest BCUT2D eigenvalue weighted by molar-refractivity contribution is 0.335. The number of benzene rings is 1. The number of hydrogen-bond donors (Lipinski definition) is 1. The number of aromatic nitrogens is 4. The Hall–Kier alpha value is -3.41. The molecule has 2 aliphatic carbocycles. The first kappa shape index (κ1) is 19.5. The third-order valence-corrected chi connectivity index (χ3v) is 6.12. The molecule has 0 amide bonds. The van der Waals surface area contributed by atoms with Gasteiger partial charge in [0.2, 0.25) is 0 Å². The predicted octanol–water partition coefficient (Wildman–Crippen LogP) is 5.53. The van der Waals surface area contributed by atoms with Gasteiger partial charge >= 0.3 is 0 Å². The van der Waals surface area contributed by atoms with Gasteiger partial charge in [-0.25, -0.2) is 14.6 Å². The van der Waals surface area contributed by atoms with Gasteiger partial charge in [0.25, 0.3) is 0 Å². The molecule has 1 aromatic carbocycles. The van der Waals surface area contributed by atoms with Gasteiger partial charge in [-0.15, -0.1) is 0 Å². The first-order valence-electron chi connectivity index (χ1n) is 11.0. The molecular weight excluding hydrogens is 386 g/mol. The highest BCUT2D eigenvalue weighted by Crippen LogP contribution is 2.35. The number of nitrogens with two attached hydrogens (primary N) is 1. The summed E-state index contributed by atoms with van der Waals surface area (Å²) in [5, 5.41) is 5.85. The molecule has 2 aromatic heterocycles. The molecule has 3 aromatic rings. The van der Waals surface area contributed by atoms with Gasteiger partial charge in [-0.2, -0.15) is 5.10 Å². The second-order valence-electron chi connectivity index (χ2n) is 8.25. The third kappa shape index (κ3) is 3.85. The van der Waals surface area contributed by atoms with Crippen LogP contribution in [0.1, 0.15) is 55.8 Å². The predicted molar refractivity (Wildman–Crippen MR) is 123 cm³/mol. The maximum Gasteiger partial charge on any atom is 0.164 e. The lowest BCUT2D eigenvalue weighted by atomic mass is 9.96. The highest BCUT2D eigenvalue weighted by atomic mass is 16.5. The minimum absolute atomic E-state index is 0.368. The van der Waals surface area contributed by atoms with Gasteiger partial charge in [0.05, 0.1) is 11.4 Å². The fourth-order valence-electron chi connectivity index (χ4n) is 4.44. The Balaban J connectivity index is 1.48. The fourth-order valence-corrected chi connectivity index (χ4v) is 4.44. The lowest BCUT2D eigenvalue weighted by Crippen LogP contribution is -2.14. The summed E-state index contributed by atoms with van der Waals surface area (Å²) in [5.41, 5.74) is 10.1. The summed E-state index contributed by atoms with van der Waals surface area (Å²) in [4.78, 5) is 8.81. The van der Waals surface area contributed by atoms with Crippen LogP contribution >= 0.6 is 0 Å². The molecule has 2 aliphatic rings. The Morgan fingerprint density at radius 2 is 1.87 bits per heavy atom. The SMILES string of the molecule is Cc1ccccc1OC1=CCC=C(c2nn(C3CCCCC3)c3ncnc(N)c23)C=C1. The number of ether oxygens (including phenoxy) is 1. The first-order chi connectivity index (χ1) is 15.2. The minimum Gasteiger partial charge on any atom is -0.457 e. The van der Waals surface area contributed by atoms with Crippen LogP contribution < -0.4 is 10.5 Å². The summed E-state index contributed by atoms with van der Waals surface area (Å²) >= 11 is 0. The van der Waals surface area contributed by atoms with Crippen molar-refractivity contribution in [3.63, 3.8) is 0 Å². The monoisotopic (exact) mass is 413 g/mol. The molecule has 1 fully saturated rings. The van der Waals surface area contributed by atoms with Crippen LogP contribution in [-0.2, 0) is 0 Å². The molecular formula is C25H27N5O. The number of rotatable bonds is 4. The van der Waals surface area contributed by atoms with E-state index in [-0.39, 0.29) is 0 Å². The Morgan fingerprint density at radius 3 is 2.71 bits per heavy atom. The van der Waals surface area contributed by atoms with E-state index < -0.39 is 0 Å². The topological polar surface area (TPSA) is 78.8 Å². The Labute approximate surface area is 182 Å². The highest BCUT2D eigenvalue weighted by molar-refractivity contribution is 5.97. The average molecular weight is 414 g/mol. The zero-order valence-corrected chi connectivity index (χ0v) is 17.8. The van der Waals surface area contributed by atoms with Crippen molar-refractivity contribution in [3.05, 3.63) is 71.9 Å². The normalized spacial score (nSPS) is 17.3. The number of allylic oxidation sites excluding steroid dienone is 5. The summed E-state index contributed by atoms with van der Waals surface area (Å²) in [5.74, 6) is 2.16. The van der Waals surface area contributed by atoms with Crippen molar-refractivity contribution in [2.75, 3.05) is 5.73 Å². The molecule has 0 saturated heterocycles. The molecule has 0 unspecified atom stereocenters. The molecule has 0 aliphatic heterocycles. The molecule has 0 bridgehead atoms. The van der Waals surface area contributed by atoms with E-state index >= 15 is 0 Å². The van der Waals surface area contributed by atoms with Crippen LogP contribution in [0.25, 0.3) is 16.6 Å². The highest BCUT2D eigenvalue weighted by Gasteiger charge is 2.24. The molecule has 6 heteroatoms. The molecule has 6 nitrogen and oxygen atoms in total. The van der Waals surface area contributed by atoms with Gasteiger partial charge in [0, 0.05) is 0 Å². The largest absolute Gasteiger partial charge is 0.457 e. The second-order valence-corrected chi connectivity index (χ2v) is 8.25. The maximum absolute atomic E-state index is 6.30. The average Bonchev–Trinajstić information content (AvgIpc) is 3.04. The number of hydrogen-bond acceptors (Lipinski definition) is 5. The van der Waals surface area contributed by atoms with E-state index in [0.717, 1.165) is 58.6 Å². The Morgan fingerprint density at radius 1 is 1.03 bits per heavy atom. The molecule has 1 saturated carbocycles. The molecule has 0 radical (unpaired) electrons. The summed E-state index contributed by atoms with van der Waals surface area (Å²) in [7, 11) is 0. The van der Waals surface area contributed by atoms with E-state index in [2.05, 4.69) is 32.9 Å². The Bertz CT molecular complexity index is 1200. The van der Waals surface area contributed by atoms with Crippen molar-refractivity contribution < 1.29 is 4.74 Å². The summed E-state index contributed by atoms with van der Waals surface area (Å²) < 4.78 is 8.21. The van der Waals surface area contributed by atoms with Gasteiger partial charge in [-0.05, 0) is 61.6 Å².